The zero-order valence-corrected chi connectivity index (χ0v) is 9.23. The summed E-state index contributed by atoms with van der Waals surface area (Å²) < 4.78 is 1.18. The molecule has 0 bridgehead atoms. The van der Waals surface area contributed by atoms with Crippen LogP contribution in [0.2, 0.25) is 0 Å². The molecule has 0 unspecified atom stereocenters. The molecule has 0 amide bonds. The van der Waals surface area contributed by atoms with Gasteiger partial charge in [-0.2, -0.15) is 0 Å². The Balaban J connectivity index is 2.92. The van der Waals surface area contributed by atoms with E-state index in [-0.39, 0.29) is 5.78 Å². The number of carbonyl (C=O) groups is 1. The maximum Gasteiger partial charge on any atom is 0.178 e. The van der Waals surface area contributed by atoms with Gasteiger partial charge in [0.25, 0.3) is 0 Å². The summed E-state index contributed by atoms with van der Waals surface area (Å²) in [5.74, 6) is 0.0384. The topological polar surface area (TPSA) is 30.0 Å². The summed E-state index contributed by atoms with van der Waals surface area (Å²) >= 11 is 1.68. The number of ketones is 1. The third-order valence-corrected chi connectivity index (χ3v) is 3.52. The lowest BCUT2D eigenvalue weighted by Gasteiger charge is -2.01. The Morgan fingerprint density at radius 2 is 2.07 bits per heavy atom. The van der Waals surface area contributed by atoms with Crippen molar-refractivity contribution in [3.8, 4) is 0 Å². The number of aromatic nitrogens is 1. The minimum absolute atomic E-state index is 0.0384. The van der Waals surface area contributed by atoms with E-state index in [4.69, 9.17) is 0 Å². The van der Waals surface area contributed by atoms with Crippen molar-refractivity contribution >= 4 is 27.2 Å². The van der Waals surface area contributed by atoms with Crippen molar-refractivity contribution in [1.82, 2.24) is 4.98 Å². The minimum Gasteiger partial charge on any atom is -0.293 e. The highest BCUT2D eigenvalue weighted by Crippen LogP contribution is 2.30. The van der Waals surface area contributed by atoms with Crippen LogP contribution in [0.15, 0.2) is 11.6 Å². The molecule has 0 aliphatic carbocycles. The van der Waals surface area contributed by atoms with Gasteiger partial charge < -0.3 is 0 Å². The Hall–Kier alpha value is -1.22. The Bertz CT molecular complexity index is 513. The van der Waals surface area contributed by atoms with Gasteiger partial charge in [-0.3, -0.25) is 9.78 Å². The number of thiophene rings is 1. The molecule has 72 valence electrons. The largest absolute Gasteiger partial charge is 0.293 e. The highest BCUT2D eigenvalue weighted by atomic mass is 32.1. The first-order chi connectivity index (χ1) is 6.61. The summed E-state index contributed by atoms with van der Waals surface area (Å²) in [7, 11) is 0. The molecule has 2 nitrogen and oxygen atoms in total. The molecule has 2 rings (SSSR count). The second-order valence-corrected chi connectivity index (χ2v) is 4.35. The lowest BCUT2D eigenvalue weighted by Crippen LogP contribution is -1.98. The molecule has 2 aromatic rings. The molecule has 2 aromatic heterocycles. The average molecular weight is 205 g/mol. The van der Waals surface area contributed by atoms with Gasteiger partial charge in [0.2, 0.25) is 0 Å². The average Bonchev–Trinajstić information content (AvgIpc) is 2.50. The van der Waals surface area contributed by atoms with Crippen molar-refractivity contribution in [2.24, 2.45) is 0 Å². The summed E-state index contributed by atoms with van der Waals surface area (Å²) in [5.41, 5.74) is 2.89. The minimum atomic E-state index is 0.0384. The van der Waals surface area contributed by atoms with Gasteiger partial charge in [0, 0.05) is 23.2 Å². The predicted molar refractivity (Wildman–Crippen MR) is 59.1 cm³/mol. The highest BCUT2D eigenvalue weighted by molar-refractivity contribution is 7.17. The molecule has 0 fully saturated rings. The van der Waals surface area contributed by atoms with Crippen LogP contribution in [0.4, 0.5) is 0 Å². The van der Waals surface area contributed by atoms with Crippen molar-refractivity contribution in [2.75, 3.05) is 0 Å². The van der Waals surface area contributed by atoms with Crippen LogP contribution in [0.5, 0.6) is 0 Å². The van der Waals surface area contributed by atoms with Gasteiger partial charge in [-0.05, 0) is 30.4 Å². The lowest BCUT2D eigenvalue weighted by atomic mass is 10.1. The Kier molecular flexibility index (Phi) is 2.11. The first-order valence-electron chi connectivity index (χ1n) is 4.45. The summed E-state index contributed by atoms with van der Waals surface area (Å²) in [6.45, 7) is 5.61. The van der Waals surface area contributed by atoms with Crippen LogP contribution in [0, 0.1) is 13.8 Å². The standard InChI is InChI=1S/C11H11NOS/c1-6-4-12-10(8(3)13)9-7(2)5-14-11(6)9/h4-5H,1-3H3. The van der Waals surface area contributed by atoms with E-state index < -0.39 is 0 Å². The zero-order valence-electron chi connectivity index (χ0n) is 8.42. The van der Waals surface area contributed by atoms with Crippen LogP contribution in [0.3, 0.4) is 0 Å². The molecule has 0 atom stereocenters. The molecule has 0 aliphatic rings. The van der Waals surface area contributed by atoms with E-state index in [1.165, 1.54) is 4.70 Å². The van der Waals surface area contributed by atoms with Gasteiger partial charge in [0.1, 0.15) is 5.69 Å². The van der Waals surface area contributed by atoms with Crippen LogP contribution in [0.25, 0.3) is 10.1 Å². The highest BCUT2D eigenvalue weighted by Gasteiger charge is 2.12. The summed E-state index contributed by atoms with van der Waals surface area (Å²) in [6.07, 6.45) is 1.77. The smallest absolute Gasteiger partial charge is 0.178 e. The van der Waals surface area contributed by atoms with Crippen LogP contribution < -0.4 is 0 Å². The first-order valence-corrected chi connectivity index (χ1v) is 5.33. The molecular formula is C11H11NOS. The molecule has 3 heteroatoms. The number of aryl methyl sites for hydroxylation is 2. The SMILES string of the molecule is CC(=O)c1ncc(C)c2scc(C)c12. The lowest BCUT2D eigenvalue weighted by molar-refractivity contribution is 0.101. The van der Waals surface area contributed by atoms with Crippen LogP contribution in [-0.2, 0) is 0 Å². The van der Waals surface area contributed by atoms with Crippen molar-refractivity contribution in [3.63, 3.8) is 0 Å². The van der Waals surface area contributed by atoms with Crippen LogP contribution in [-0.4, -0.2) is 10.8 Å². The van der Waals surface area contributed by atoms with Crippen molar-refractivity contribution in [2.45, 2.75) is 20.8 Å². The number of hydrogen-bond donors (Lipinski definition) is 0. The molecule has 0 aromatic carbocycles. The van der Waals surface area contributed by atoms with Crippen molar-refractivity contribution in [3.05, 3.63) is 28.4 Å². The molecule has 0 spiro atoms. The van der Waals surface area contributed by atoms with Crippen molar-refractivity contribution in [1.29, 1.82) is 0 Å². The maximum atomic E-state index is 11.4. The number of fused-ring (bicyclic) bond motifs is 1. The fourth-order valence-electron chi connectivity index (χ4n) is 1.58. The normalized spacial score (nSPS) is 10.8. The number of pyridine rings is 1. The number of rotatable bonds is 1. The fraction of sp³-hybridized carbons (Fsp3) is 0.273. The molecule has 14 heavy (non-hydrogen) atoms. The van der Waals surface area contributed by atoms with E-state index in [1.54, 1.807) is 24.5 Å². The third kappa shape index (κ3) is 1.24. The molecule has 0 saturated heterocycles. The van der Waals surface area contributed by atoms with Gasteiger partial charge in [-0.1, -0.05) is 0 Å². The Morgan fingerprint density at radius 3 is 2.71 bits per heavy atom. The van der Waals surface area contributed by atoms with Gasteiger partial charge in [0.15, 0.2) is 5.78 Å². The van der Waals surface area contributed by atoms with Crippen LogP contribution >= 0.6 is 11.3 Å². The number of hydrogen-bond acceptors (Lipinski definition) is 3. The Morgan fingerprint density at radius 1 is 1.36 bits per heavy atom. The zero-order chi connectivity index (χ0) is 10.3. The quantitative estimate of drug-likeness (QED) is 0.669. The summed E-state index contributed by atoms with van der Waals surface area (Å²) in [5, 5.41) is 3.11. The molecule has 0 N–H and O–H groups in total. The first kappa shape index (κ1) is 9.34. The Labute approximate surface area is 86.6 Å². The van der Waals surface area contributed by atoms with Crippen LogP contribution in [0.1, 0.15) is 28.5 Å². The predicted octanol–water partition coefficient (Wildman–Crippen LogP) is 3.12. The fourth-order valence-corrected chi connectivity index (χ4v) is 2.61. The monoisotopic (exact) mass is 205 g/mol. The van der Waals surface area contributed by atoms with E-state index >= 15 is 0 Å². The summed E-state index contributed by atoms with van der Waals surface area (Å²) in [4.78, 5) is 15.6. The van der Waals surface area contributed by atoms with E-state index in [9.17, 15) is 4.79 Å². The molecule has 0 radical (unpaired) electrons. The third-order valence-electron chi connectivity index (χ3n) is 2.29. The molecule has 2 heterocycles. The number of carbonyl (C=O) groups excluding carboxylic acids is 1. The van der Waals surface area contributed by atoms with Crippen molar-refractivity contribution < 1.29 is 4.79 Å². The second kappa shape index (κ2) is 3.17. The maximum absolute atomic E-state index is 11.4. The summed E-state index contributed by atoms with van der Waals surface area (Å²) in [6, 6.07) is 0. The molecular weight excluding hydrogens is 194 g/mol. The van der Waals surface area contributed by atoms with Gasteiger partial charge in [-0.25, -0.2) is 0 Å². The van der Waals surface area contributed by atoms with E-state index in [0.717, 1.165) is 16.5 Å². The molecule has 0 aliphatic heterocycles. The van der Waals surface area contributed by atoms with Gasteiger partial charge >= 0.3 is 0 Å². The molecule has 0 saturated carbocycles. The van der Waals surface area contributed by atoms with Gasteiger partial charge in [0.05, 0.1) is 0 Å². The van der Waals surface area contributed by atoms with E-state index in [2.05, 4.69) is 10.4 Å². The number of Topliss-reactive ketones (excluding diaryl/α,β-unsaturated/α-hetero) is 1. The van der Waals surface area contributed by atoms with E-state index in [0.29, 0.717) is 5.69 Å². The van der Waals surface area contributed by atoms with Gasteiger partial charge in [-0.15, -0.1) is 11.3 Å². The number of nitrogens with zero attached hydrogens (tertiary/aromatic N) is 1. The van der Waals surface area contributed by atoms with E-state index in [1.807, 2.05) is 13.8 Å². The second-order valence-electron chi connectivity index (χ2n) is 3.47.